The minimum absolute atomic E-state index is 0. The van der Waals surface area contributed by atoms with E-state index >= 15 is 0 Å². The van der Waals surface area contributed by atoms with E-state index < -0.39 is 0 Å². The van der Waals surface area contributed by atoms with Crippen molar-refractivity contribution in [2.75, 3.05) is 0 Å². The van der Waals surface area contributed by atoms with Crippen molar-refractivity contribution in [1.82, 2.24) is 0 Å². The summed E-state index contributed by atoms with van der Waals surface area (Å²) in [5.41, 5.74) is 0.752. The normalized spacial score (nSPS) is 8.60. The van der Waals surface area contributed by atoms with Gasteiger partial charge in [0, 0.05) is 26.8 Å². The third kappa shape index (κ3) is 2.32. The molecule has 1 rings (SSSR count). The molecule has 0 bridgehead atoms. The zero-order chi connectivity index (χ0) is 6.85. The molecule has 0 spiro atoms. The van der Waals surface area contributed by atoms with Gasteiger partial charge in [0.25, 0.3) is 0 Å². The molecule has 1 aromatic rings. The molecule has 0 saturated carbocycles. The zero-order valence-corrected chi connectivity index (χ0v) is 9.08. The number of aromatic hydroxyl groups is 1. The maximum absolute atomic E-state index is 8.93. The van der Waals surface area contributed by atoms with Crippen LogP contribution in [0.1, 0.15) is 5.56 Å². The van der Waals surface area contributed by atoms with Crippen molar-refractivity contribution in [2.45, 2.75) is 6.92 Å². The molecule has 54 valence electrons. The van der Waals surface area contributed by atoms with Crippen LogP contribution >= 0.6 is 11.6 Å². The summed E-state index contributed by atoms with van der Waals surface area (Å²) < 4.78 is 0. The van der Waals surface area contributed by atoms with E-state index in [0.717, 1.165) is 5.56 Å². The Hall–Kier alpha value is -0.00169. The number of benzene rings is 1. The SMILES string of the molecule is Cc1cc(Cl)c[c-]c1O.[W]. The molecule has 0 unspecified atom stereocenters. The molecule has 0 aliphatic carbocycles. The summed E-state index contributed by atoms with van der Waals surface area (Å²) in [5.74, 6) is 0.166. The van der Waals surface area contributed by atoms with Gasteiger partial charge < -0.3 is 5.11 Å². The molecule has 10 heavy (non-hydrogen) atoms. The molecule has 0 saturated heterocycles. The van der Waals surface area contributed by atoms with E-state index in [-0.39, 0.29) is 26.8 Å². The van der Waals surface area contributed by atoms with Gasteiger partial charge in [0.15, 0.2) is 0 Å². The van der Waals surface area contributed by atoms with Crippen LogP contribution in [0.25, 0.3) is 0 Å². The second-order valence-electron chi connectivity index (χ2n) is 1.85. The van der Waals surface area contributed by atoms with Crippen LogP contribution in [-0.2, 0) is 21.1 Å². The van der Waals surface area contributed by atoms with Crippen molar-refractivity contribution in [1.29, 1.82) is 0 Å². The first-order chi connectivity index (χ1) is 4.20. The fourth-order valence-electron chi connectivity index (χ4n) is 0.568. The second-order valence-corrected chi connectivity index (χ2v) is 2.29. The first-order valence-electron chi connectivity index (χ1n) is 2.57. The van der Waals surface area contributed by atoms with Gasteiger partial charge in [-0.05, 0) is 0 Å². The third-order valence-electron chi connectivity index (χ3n) is 1.07. The van der Waals surface area contributed by atoms with E-state index in [0.29, 0.717) is 5.02 Å². The van der Waals surface area contributed by atoms with Gasteiger partial charge in [-0.15, -0.1) is 17.7 Å². The average Bonchev–Trinajstić information content (AvgIpc) is 1.80. The quantitative estimate of drug-likeness (QED) is 0.725. The van der Waals surface area contributed by atoms with Crippen molar-refractivity contribution in [3.05, 3.63) is 28.8 Å². The molecule has 0 heterocycles. The van der Waals surface area contributed by atoms with Crippen LogP contribution in [0.3, 0.4) is 0 Å². The van der Waals surface area contributed by atoms with Crippen LogP contribution in [0.5, 0.6) is 5.75 Å². The summed E-state index contributed by atoms with van der Waals surface area (Å²) >= 11 is 5.57. The molecular formula is C7H6ClOW-. The van der Waals surface area contributed by atoms with E-state index in [1.807, 2.05) is 0 Å². The number of hydrogen-bond acceptors (Lipinski definition) is 1. The molecule has 1 N–H and O–H groups in total. The molecule has 0 fully saturated rings. The predicted octanol–water partition coefficient (Wildman–Crippen LogP) is 2.15. The standard InChI is InChI=1S/C7H6ClO.W/c1-5-4-6(8)2-3-7(5)9;/h2,4,9H,1H3;/q-1;. The van der Waals surface area contributed by atoms with E-state index in [4.69, 9.17) is 16.7 Å². The molecule has 0 aliphatic rings. The van der Waals surface area contributed by atoms with Gasteiger partial charge in [-0.25, -0.2) is 0 Å². The second kappa shape index (κ2) is 4.00. The van der Waals surface area contributed by atoms with Crippen molar-refractivity contribution >= 4 is 11.6 Å². The number of rotatable bonds is 0. The largest absolute Gasteiger partial charge is 0.534 e. The van der Waals surface area contributed by atoms with E-state index in [9.17, 15) is 0 Å². The Kier molecular flexibility index (Phi) is 4.00. The van der Waals surface area contributed by atoms with Gasteiger partial charge in [-0.2, -0.15) is 17.7 Å². The number of hydrogen-bond donors (Lipinski definition) is 1. The topological polar surface area (TPSA) is 20.2 Å². The predicted molar refractivity (Wildman–Crippen MR) is 36.7 cm³/mol. The molecule has 0 amide bonds. The van der Waals surface area contributed by atoms with E-state index in [1.54, 1.807) is 13.0 Å². The van der Waals surface area contributed by atoms with Gasteiger partial charge in [-0.1, -0.05) is 11.9 Å². The molecule has 1 aromatic carbocycles. The Bertz CT molecular complexity index is 225. The van der Waals surface area contributed by atoms with Crippen molar-refractivity contribution < 1.29 is 26.2 Å². The van der Waals surface area contributed by atoms with Crippen molar-refractivity contribution in [3.8, 4) is 5.75 Å². The Morgan fingerprint density at radius 2 is 2.20 bits per heavy atom. The third-order valence-corrected chi connectivity index (χ3v) is 1.29. The monoisotopic (exact) mass is 325 g/mol. The van der Waals surface area contributed by atoms with Crippen LogP contribution in [0, 0.1) is 13.0 Å². The smallest absolute Gasteiger partial charge is 0.00693 e. The van der Waals surface area contributed by atoms with Crippen molar-refractivity contribution in [2.24, 2.45) is 0 Å². The molecule has 1 nitrogen and oxygen atoms in total. The van der Waals surface area contributed by atoms with Gasteiger partial charge >= 0.3 is 0 Å². The summed E-state index contributed by atoms with van der Waals surface area (Å²) in [6, 6.07) is 5.81. The van der Waals surface area contributed by atoms with Crippen LogP contribution in [0.15, 0.2) is 12.1 Å². The number of phenols is 1. The Labute approximate surface area is 79.3 Å². The summed E-state index contributed by atoms with van der Waals surface area (Å²) in [6.45, 7) is 1.78. The zero-order valence-electron chi connectivity index (χ0n) is 5.39. The molecule has 0 radical (unpaired) electrons. The maximum atomic E-state index is 8.93. The minimum atomic E-state index is 0. The minimum Gasteiger partial charge on any atom is -0.534 e. The van der Waals surface area contributed by atoms with Gasteiger partial charge in [0.2, 0.25) is 0 Å². The number of phenolic OH excluding ortho intramolecular Hbond substituents is 1. The van der Waals surface area contributed by atoms with Gasteiger partial charge in [0.05, 0.1) is 0 Å². The van der Waals surface area contributed by atoms with Crippen LogP contribution in [0.2, 0.25) is 5.02 Å². The van der Waals surface area contributed by atoms with E-state index in [2.05, 4.69) is 6.07 Å². The Balaban J connectivity index is 0.000000810. The van der Waals surface area contributed by atoms with Crippen LogP contribution in [0.4, 0.5) is 0 Å². The van der Waals surface area contributed by atoms with Gasteiger partial charge in [-0.3, -0.25) is 0 Å². The summed E-state index contributed by atoms with van der Waals surface area (Å²) in [5, 5.41) is 9.53. The van der Waals surface area contributed by atoms with Gasteiger partial charge in [0.1, 0.15) is 0 Å². The summed E-state index contributed by atoms with van der Waals surface area (Å²) in [7, 11) is 0. The van der Waals surface area contributed by atoms with Crippen molar-refractivity contribution in [3.63, 3.8) is 0 Å². The summed E-state index contributed by atoms with van der Waals surface area (Å²) in [4.78, 5) is 0. The maximum Gasteiger partial charge on any atom is 0.00693 e. The molecule has 0 aliphatic heterocycles. The molecule has 0 aromatic heterocycles. The van der Waals surface area contributed by atoms with Crippen LogP contribution < -0.4 is 0 Å². The fourth-order valence-corrected chi connectivity index (χ4v) is 0.786. The van der Waals surface area contributed by atoms with Crippen LogP contribution in [-0.4, -0.2) is 5.11 Å². The average molecular weight is 325 g/mol. The molecular weight excluding hydrogens is 319 g/mol. The Morgan fingerprint density at radius 3 is 2.60 bits per heavy atom. The van der Waals surface area contributed by atoms with E-state index in [1.165, 1.54) is 6.07 Å². The number of aryl methyl sites for hydroxylation is 1. The Morgan fingerprint density at radius 1 is 1.60 bits per heavy atom. The molecule has 3 heteroatoms. The molecule has 0 atom stereocenters. The first-order valence-corrected chi connectivity index (χ1v) is 2.95. The summed E-state index contributed by atoms with van der Waals surface area (Å²) in [6.07, 6.45) is 0. The fraction of sp³-hybridized carbons (Fsp3) is 0.143. The first kappa shape index (κ1) is 10.00. The number of halogens is 1.